The highest BCUT2D eigenvalue weighted by Gasteiger charge is 2.17. The molecule has 0 aliphatic carbocycles. The van der Waals surface area contributed by atoms with Gasteiger partial charge in [-0.05, 0) is 30.7 Å². The summed E-state index contributed by atoms with van der Waals surface area (Å²) < 4.78 is 24.5. The van der Waals surface area contributed by atoms with Crippen LogP contribution in [0.25, 0.3) is 0 Å². The molecule has 0 aromatic heterocycles. The first-order valence-electron chi connectivity index (χ1n) is 6.84. The Morgan fingerprint density at radius 2 is 2.05 bits per heavy atom. The molecule has 0 unspecified atom stereocenters. The molecule has 5 heteroatoms. The van der Waals surface area contributed by atoms with Crippen LogP contribution in [-0.2, 0) is 9.84 Å². The van der Waals surface area contributed by atoms with Crippen LogP contribution in [0.3, 0.4) is 0 Å². The lowest BCUT2D eigenvalue weighted by Gasteiger charge is -2.22. The zero-order valence-corrected chi connectivity index (χ0v) is 13.2. The third-order valence-corrected chi connectivity index (χ3v) is 4.76. The van der Waals surface area contributed by atoms with Crippen LogP contribution < -0.4 is 0 Å². The highest BCUT2D eigenvalue weighted by Crippen LogP contribution is 2.13. The maximum absolute atomic E-state index is 12.3. The first kappa shape index (κ1) is 16.7. The first-order valence-corrected chi connectivity index (χ1v) is 8.49. The Balaban J connectivity index is 2.77. The zero-order valence-electron chi connectivity index (χ0n) is 12.3. The summed E-state index contributed by atoms with van der Waals surface area (Å²) in [5.74, 6) is 0.599. The molecule has 0 heterocycles. The van der Waals surface area contributed by atoms with Gasteiger partial charge in [0.25, 0.3) is 0 Å². The maximum Gasteiger partial charge on any atom is 0.179 e. The summed E-state index contributed by atoms with van der Waals surface area (Å²) in [5, 5.41) is 8.83. The van der Waals surface area contributed by atoms with E-state index >= 15 is 0 Å². The molecule has 1 aromatic rings. The number of hydrogen-bond acceptors (Lipinski definition) is 4. The molecular weight excluding hydrogens is 272 g/mol. The summed E-state index contributed by atoms with van der Waals surface area (Å²) in [6.45, 7) is 8.52. The van der Waals surface area contributed by atoms with Crippen molar-refractivity contribution in [1.82, 2.24) is 4.90 Å². The Bertz CT molecular complexity index is 574. The summed E-state index contributed by atoms with van der Waals surface area (Å²) in [4.78, 5) is 2.37. The fraction of sp³-hybridized carbons (Fsp3) is 0.533. The second kappa shape index (κ2) is 7.41. The molecule has 1 aromatic carbocycles. The van der Waals surface area contributed by atoms with Gasteiger partial charge in [0.1, 0.15) is 0 Å². The van der Waals surface area contributed by atoms with Crippen LogP contribution in [0, 0.1) is 17.2 Å². The van der Waals surface area contributed by atoms with Gasteiger partial charge in [-0.15, -0.1) is 0 Å². The van der Waals surface area contributed by atoms with Crippen molar-refractivity contribution in [2.45, 2.75) is 25.7 Å². The number of nitriles is 1. The zero-order chi connectivity index (χ0) is 15.2. The lowest BCUT2D eigenvalue weighted by molar-refractivity contribution is 0.270. The lowest BCUT2D eigenvalue weighted by atomic mass is 10.2. The fourth-order valence-corrected chi connectivity index (χ4v) is 3.35. The molecule has 0 saturated carbocycles. The van der Waals surface area contributed by atoms with Crippen LogP contribution in [0.1, 0.15) is 26.3 Å². The Morgan fingerprint density at radius 1 is 1.35 bits per heavy atom. The Hall–Kier alpha value is -1.38. The van der Waals surface area contributed by atoms with Crippen LogP contribution in [0.15, 0.2) is 29.2 Å². The molecule has 0 radical (unpaired) electrons. The normalized spacial score (nSPS) is 11.8. The lowest BCUT2D eigenvalue weighted by Crippen LogP contribution is -2.32. The van der Waals surface area contributed by atoms with Crippen LogP contribution >= 0.6 is 0 Å². The minimum atomic E-state index is -3.33. The third kappa shape index (κ3) is 4.95. The average molecular weight is 294 g/mol. The Labute approximate surface area is 121 Å². The molecule has 0 fully saturated rings. The molecule has 0 spiro atoms. The number of sulfone groups is 1. The summed E-state index contributed by atoms with van der Waals surface area (Å²) >= 11 is 0. The Morgan fingerprint density at radius 3 is 2.60 bits per heavy atom. The third-order valence-electron chi connectivity index (χ3n) is 3.07. The van der Waals surface area contributed by atoms with E-state index in [0.29, 0.717) is 18.0 Å². The molecule has 0 N–H and O–H groups in total. The molecule has 0 aliphatic rings. The van der Waals surface area contributed by atoms with E-state index < -0.39 is 9.84 Å². The van der Waals surface area contributed by atoms with E-state index in [1.165, 1.54) is 6.07 Å². The smallest absolute Gasteiger partial charge is 0.179 e. The molecule has 0 saturated heterocycles. The van der Waals surface area contributed by atoms with Crippen molar-refractivity contribution in [3.63, 3.8) is 0 Å². The van der Waals surface area contributed by atoms with Gasteiger partial charge in [-0.1, -0.05) is 26.8 Å². The molecular formula is C15H22N2O2S. The van der Waals surface area contributed by atoms with Crippen molar-refractivity contribution in [3.05, 3.63) is 29.8 Å². The van der Waals surface area contributed by atoms with Crippen LogP contribution in [-0.4, -0.2) is 38.7 Å². The second-order valence-electron chi connectivity index (χ2n) is 5.25. The van der Waals surface area contributed by atoms with Crippen molar-refractivity contribution in [2.24, 2.45) is 5.92 Å². The van der Waals surface area contributed by atoms with E-state index in [0.717, 1.165) is 13.1 Å². The van der Waals surface area contributed by atoms with Gasteiger partial charge in [-0.3, -0.25) is 0 Å². The minimum Gasteiger partial charge on any atom is -0.302 e. The molecule has 1 rings (SSSR count). The van der Waals surface area contributed by atoms with Gasteiger partial charge in [-0.25, -0.2) is 8.42 Å². The fourth-order valence-electron chi connectivity index (χ4n) is 2.02. The van der Waals surface area contributed by atoms with Crippen LogP contribution in [0.5, 0.6) is 0 Å². The SMILES string of the molecule is CCN(CCS(=O)(=O)c1cccc(C#N)c1)CC(C)C. The van der Waals surface area contributed by atoms with Crippen molar-refractivity contribution in [3.8, 4) is 6.07 Å². The summed E-state index contributed by atoms with van der Waals surface area (Å²) in [5.41, 5.74) is 0.376. The molecule has 4 nitrogen and oxygen atoms in total. The van der Waals surface area contributed by atoms with Crippen molar-refractivity contribution < 1.29 is 8.42 Å². The summed E-state index contributed by atoms with van der Waals surface area (Å²) in [7, 11) is -3.33. The second-order valence-corrected chi connectivity index (χ2v) is 7.35. The standard InChI is InChI=1S/C15H22N2O2S/c1-4-17(12-13(2)3)8-9-20(18,19)15-7-5-6-14(10-15)11-16/h5-7,10,13H,4,8-9,12H2,1-3H3. The van der Waals surface area contributed by atoms with E-state index in [1.807, 2.05) is 13.0 Å². The number of nitrogens with zero attached hydrogens (tertiary/aromatic N) is 2. The molecule has 0 aliphatic heterocycles. The largest absolute Gasteiger partial charge is 0.302 e. The van der Waals surface area contributed by atoms with Gasteiger partial charge < -0.3 is 4.90 Å². The van der Waals surface area contributed by atoms with Gasteiger partial charge in [0.15, 0.2) is 9.84 Å². The summed E-state index contributed by atoms with van der Waals surface area (Å²) in [6.07, 6.45) is 0. The van der Waals surface area contributed by atoms with Crippen molar-refractivity contribution in [2.75, 3.05) is 25.4 Å². The topological polar surface area (TPSA) is 61.2 Å². The van der Waals surface area contributed by atoms with E-state index in [1.54, 1.807) is 18.2 Å². The Kier molecular flexibility index (Phi) is 6.18. The average Bonchev–Trinajstić information content (AvgIpc) is 2.43. The van der Waals surface area contributed by atoms with Crippen LogP contribution in [0.4, 0.5) is 0 Å². The quantitative estimate of drug-likeness (QED) is 0.774. The summed E-state index contributed by atoms with van der Waals surface area (Å²) in [6, 6.07) is 8.17. The first-order chi connectivity index (χ1) is 9.39. The van der Waals surface area contributed by atoms with E-state index in [-0.39, 0.29) is 10.6 Å². The molecule has 20 heavy (non-hydrogen) atoms. The van der Waals surface area contributed by atoms with Gasteiger partial charge in [0.2, 0.25) is 0 Å². The van der Waals surface area contributed by atoms with Gasteiger partial charge in [0.05, 0.1) is 22.3 Å². The number of hydrogen-bond donors (Lipinski definition) is 0. The minimum absolute atomic E-state index is 0.0858. The molecule has 0 bridgehead atoms. The number of benzene rings is 1. The van der Waals surface area contributed by atoms with Crippen molar-refractivity contribution in [1.29, 1.82) is 5.26 Å². The van der Waals surface area contributed by atoms with E-state index in [2.05, 4.69) is 18.7 Å². The highest BCUT2D eigenvalue weighted by atomic mass is 32.2. The van der Waals surface area contributed by atoms with Gasteiger partial charge in [0, 0.05) is 13.1 Å². The van der Waals surface area contributed by atoms with Gasteiger partial charge in [-0.2, -0.15) is 5.26 Å². The van der Waals surface area contributed by atoms with Crippen molar-refractivity contribution >= 4 is 9.84 Å². The molecule has 0 atom stereocenters. The monoisotopic (exact) mass is 294 g/mol. The highest BCUT2D eigenvalue weighted by molar-refractivity contribution is 7.91. The predicted molar refractivity (Wildman–Crippen MR) is 80.2 cm³/mol. The van der Waals surface area contributed by atoms with Gasteiger partial charge >= 0.3 is 0 Å². The molecule has 0 amide bonds. The van der Waals surface area contributed by atoms with E-state index in [4.69, 9.17) is 5.26 Å². The van der Waals surface area contributed by atoms with Crippen LogP contribution in [0.2, 0.25) is 0 Å². The maximum atomic E-state index is 12.3. The number of rotatable bonds is 7. The molecule has 110 valence electrons. The van der Waals surface area contributed by atoms with E-state index in [9.17, 15) is 8.42 Å². The predicted octanol–water partition coefficient (Wildman–Crippen LogP) is 2.31.